The van der Waals surface area contributed by atoms with Crippen molar-refractivity contribution in [2.75, 3.05) is 29.8 Å². The molecule has 1 aliphatic rings. The van der Waals surface area contributed by atoms with E-state index in [-0.39, 0.29) is 11.7 Å². The molecule has 0 aromatic heterocycles. The number of hydrogen-bond acceptors (Lipinski definition) is 4. The Morgan fingerprint density at radius 2 is 1.89 bits per heavy atom. The average molecular weight is 388 g/mol. The second-order valence-electron chi connectivity index (χ2n) is 6.66. The quantitative estimate of drug-likeness (QED) is 0.772. The number of benzene rings is 2. The fourth-order valence-corrected chi connectivity index (χ4v) is 4.66. The van der Waals surface area contributed by atoms with E-state index in [1.54, 1.807) is 24.3 Å². The van der Waals surface area contributed by atoms with Gasteiger partial charge in [0, 0.05) is 12.1 Å². The Labute approximate surface area is 160 Å². The van der Waals surface area contributed by atoms with E-state index in [4.69, 9.17) is 4.74 Å². The van der Waals surface area contributed by atoms with Crippen molar-refractivity contribution in [2.24, 2.45) is 0 Å². The molecule has 0 radical (unpaired) electrons. The summed E-state index contributed by atoms with van der Waals surface area (Å²) in [6.07, 6.45) is 0.630. The van der Waals surface area contributed by atoms with Gasteiger partial charge in [0.15, 0.2) is 0 Å². The van der Waals surface area contributed by atoms with Crippen molar-refractivity contribution < 1.29 is 17.9 Å². The van der Waals surface area contributed by atoms with Gasteiger partial charge in [-0.15, -0.1) is 0 Å². The molecule has 144 valence electrons. The fourth-order valence-electron chi connectivity index (χ4n) is 3.10. The van der Waals surface area contributed by atoms with Gasteiger partial charge >= 0.3 is 0 Å². The maximum absolute atomic E-state index is 12.2. The Balaban J connectivity index is 1.51. The summed E-state index contributed by atoms with van der Waals surface area (Å²) >= 11 is 0. The highest BCUT2D eigenvalue weighted by Crippen LogP contribution is 2.24. The predicted molar refractivity (Wildman–Crippen MR) is 106 cm³/mol. The molecular weight excluding hydrogens is 364 g/mol. The van der Waals surface area contributed by atoms with Crippen LogP contribution in [-0.4, -0.2) is 39.8 Å². The lowest BCUT2D eigenvalue weighted by Gasteiger charge is -2.17. The molecule has 0 unspecified atom stereocenters. The summed E-state index contributed by atoms with van der Waals surface area (Å²) in [4.78, 5) is 12.2. The first kappa shape index (κ1) is 19.2. The fraction of sp³-hybridized carbons (Fsp3) is 0.350. The first-order valence-electron chi connectivity index (χ1n) is 8.95. The van der Waals surface area contributed by atoms with Crippen LogP contribution in [0.1, 0.15) is 27.9 Å². The minimum atomic E-state index is -3.21. The number of ether oxygens (including phenoxy) is 1. The van der Waals surface area contributed by atoms with Crippen LogP contribution in [0.5, 0.6) is 5.75 Å². The Morgan fingerprint density at radius 3 is 2.52 bits per heavy atom. The minimum absolute atomic E-state index is 0.176. The molecular formula is C20H24N2O4S. The molecule has 1 saturated heterocycles. The highest BCUT2D eigenvalue weighted by atomic mass is 32.2. The van der Waals surface area contributed by atoms with Crippen molar-refractivity contribution >= 4 is 21.6 Å². The standard InChI is InChI=1S/C20H24N2O4S/c1-15-4-9-19(16(2)14-15)26-12-10-21-20(23)17-5-7-18(8-6-17)22-11-3-13-27(22,24)25/h4-9,14H,3,10-13H2,1-2H3,(H,21,23). The molecule has 0 atom stereocenters. The topological polar surface area (TPSA) is 75.7 Å². The van der Waals surface area contributed by atoms with Gasteiger partial charge in [-0.2, -0.15) is 0 Å². The van der Waals surface area contributed by atoms with Gasteiger partial charge in [-0.25, -0.2) is 8.42 Å². The van der Waals surface area contributed by atoms with E-state index in [1.807, 2.05) is 26.0 Å². The van der Waals surface area contributed by atoms with Gasteiger partial charge in [0.05, 0.1) is 18.0 Å². The third kappa shape index (κ3) is 4.60. The molecule has 0 aliphatic carbocycles. The van der Waals surface area contributed by atoms with E-state index in [1.165, 1.54) is 9.87 Å². The van der Waals surface area contributed by atoms with Crippen molar-refractivity contribution in [3.63, 3.8) is 0 Å². The van der Waals surface area contributed by atoms with Crippen LogP contribution in [0.2, 0.25) is 0 Å². The summed E-state index contributed by atoms with van der Waals surface area (Å²) in [6.45, 7) is 5.27. The lowest BCUT2D eigenvalue weighted by atomic mass is 10.1. The third-order valence-corrected chi connectivity index (χ3v) is 6.36. The van der Waals surface area contributed by atoms with Gasteiger partial charge in [-0.3, -0.25) is 9.10 Å². The van der Waals surface area contributed by atoms with Crippen molar-refractivity contribution in [2.45, 2.75) is 20.3 Å². The lowest BCUT2D eigenvalue weighted by molar-refractivity contribution is 0.0947. The van der Waals surface area contributed by atoms with E-state index in [2.05, 4.69) is 11.4 Å². The molecule has 0 bridgehead atoms. The normalized spacial score (nSPS) is 15.6. The molecule has 1 N–H and O–H groups in total. The molecule has 7 heteroatoms. The minimum Gasteiger partial charge on any atom is -0.491 e. The number of anilines is 1. The smallest absolute Gasteiger partial charge is 0.251 e. The van der Waals surface area contributed by atoms with E-state index >= 15 is 0 Å². The van der Waals surface area contributed by atoms with Gasteiger partial charge in [0.1, 0.15) is 12.4 Å². The van der Waals surface area contributed by atoms with Gasteiger partial charge in [-0.05, 0) is 56.2 Å². The summed E-state index contributed by atoms with van der Waals surface area (Å²) in [6, 6.07) is 12.6. The van der Waals surface area contributed by atoms with Crippen molar-refractivity contribution in [3.05, 3.63) is 59.2 Å². The molecule has 0 spiro atoms. The van der Waals surface area contributed by atoms with Crippen molar-refractivity contribution in [3.8, 4) is 5.75 Å². The largest absolute Gasteiger partial charge is 0.491 e. The maximum Gasteiger partial charge on any atom is 0.251 e. The van der Waals surface area contributed by atoms with E-state index in [0.29, 0.717) is 37.4 Å². The number of amides is 1. The number of carbonyl (C=O) groups excluding carboxylic acids is 1. The Bertz CT molecular complexity index is 923. The molecule has 1 fully saturated rings. The molecule has 1 aliphatic heterocycles. The van der Waals surface area contributed by atoms with E-state index in [0.717, 1.165) is 11.3 Å². The van der Waals surface area contributed by atoms with Crippen LogP contribution < -0.4 is 14.4 Å². The lowest BCUT2D eigenvalue weighted by Crippen LogP contribution is -2.28. The zero-order chi connectivity index (χ0) is 19.4. The number of aryl methyl sites for hydroxylation is 2. The number of hydrogen-bond donors (Lipinski definition) is 1. The molecule has 2 aromatic rings. The SMILES string of the molecule is Cc1ccc(OCCNC(=O)c2ccc(N3CCCS3(=O)=O)cc2)c(C)c1. The van der Waals surface area contributed by atoms with Gasteiger partial charge in [0.2, 0.25) is 10.0 Å². The summed E-state index contributed by atoms with van der Waals surface area (Å²) in [5.41, 5.74) is 3.33. The van der Waals surface area contributed by atoms with Crippen LogP contribution in [-0.2, 0) is 10.0 Å². The second kappa shape index (κ2) is 8.00. The molecule has 27 heavy (non-hydrogen) atoms. The summed E-state index contributed by atoms with van der Waals surface area (Å²) in [5.74, 6) is 0.775. The Morgan fingerprint density at radius 1 is 1.15 bits per heavy atom. The number of carbonyl (C=O) groups is 1. The van der Waals surface area contributed by atoms with Crippen molar-refractivity contribution in [1.82, 2.24) is 5.32 Å². The van der Waals surface area contributed by atoms with Crippen LogP contribution in [0.25, 0.3) is 0 Å². The molecule has 2 aromatic carbocycles. The van der Waals surface area contributed by atoms with E-state index in [9.17, 15) is 13.2 Å². The monoisotopic (exact) mass is 388 g/mol. The summed E-state index contributed by atoms with van der Waals surface area (Å²) in [7, 11) is -3.21. The highest BCUT2D eigenvalue weighted by Gasteiger charge is 2.28. The van der Waals surface area contributed by atoms with Gasteiger partial charge in [0.25, 0.3) is 5.91 Å². The predicted octanol–water partition coefficient (Wildman–Crippen LogP) is 2.65. The van der Waals surface area contributed by atoms with Gasteiger partial charge in [-0.1, -0.05) is 17.7 Å². The zero-order valence-electron chi connectivity index (χ0n) is 15.6. The first-order chi connectivity index (χ1) is 12.9. The molecule has 3 rings (SSSR count). The third-order valence-electron chi connectivity index (χ3n) is 4.49. The second-order valence-corrected chi connectivity index (χ2v) is 8.67. The van der Waals surface area contributed by atoms with Crippen LogP contribution in [0.4, 0.5) is 5.69 Å². The summed E-state index contributed by atoms with van der Waals surface area (Å²) in [5, 5.41) is 2.81. The average Bonchev–Trinajstić information content (AvgIpc) is 2.99. The van der Waals surface area contributed by atoms with Crippen LogP contribution in [0, 0.1) is 13.8 Å². The molecule has 6 nitrogen and oxygen atoms in total. The summed E-state index contributed by atoms with van der Waals surface area (Å²) < 4.78 is 31.0. The first-order valence-corrected chi connectivity index (χ1v) is 10.6. The zero-order valence-corrected chi connectivity index (χ0v) is 16.4. The van der Waals surface area contributed by atoms with Crippen molar-refractivity contribution in [1.29, 1.82) is 0 Å². The Kier molecular flexibility index (Phi) is 5.70. The number of sulfonamides is 1. The molecule has 1 amide bonds. The number of nitrogens with one attached hydrogen (secondary N) is 1. The highest BCUT2D eigenvalue weighted by molar-refractivity contribution is 7.93. The maximum atomic E-state index is 12.2. The van der Waals surface area contributed by atoms with Crippen LogP contribution in [0.15, 0.2) is 42.5 Å². The molecule has 0 saturated carbocycles. The number of nitrogens with zero attached hydrogens (tertiary/aromatic N) is 1. The number of rotatable bonds is 6. The van der Waals surface area contributed by atoms with E-state index < -0.39 is 10.0 Å². The van der Waals surface area contributed by atoms with Gasteiger partial charge < -0.3 is 10.1 Å². The Hall–Kier alpha value is -2.54. The van der Waals surface area contributed by atoms with Crippen LogP contribution in [0.3, 0.4) is 0 Å². The van der Waals surface area contributed by atoms with Crippen LogP contribution >= 0.6 is 0 Å². The molecule has 1 heterocycles.